The van der Waals surface area contributed by atoms with Gasteiger partial charge in [-0.05, 0) is 54.8 Å². The Labute approximate surface area is 134 Å². The third-order valence-electron chi connectivity index (χ3n) is 3.29. The third kappa shape index (κ3) is 4.64. The highest BCUT2D eigenvalue weighted by atomic mass is 32.2. The minimum atomic E-state index is -0.259. The van der Waals surface area contributed by atoms with Gasteiger partial charge in [-0.25, -0.2) is 0 Å². The Bertz CT molecular complexity index is 719. The second kappa shape index (κ2) is 7.67. The Morgan fingerprint density at radius 2 is 2.00 bits per heavy atom. The molecule has 0 bridgehead atoms. The molecule has 4 heteroatoms. The van der Waals surface area contributed by atoms with E-state index in [4.69, 9.17) is 10.00 Å². The molecule has 0 spiro atoms. The SMILES string of the molecule is Cc1ccc(SCC(=O)OCc2cccc(C#N)c2)cc1C. The summed E-state index contributed by atoms with van der Waals surface area (Å²) in [7, 11) is 0. The maximum atomic E-state index is 11.8. The fourth-order valence-electron chi connectivity index (χ4n) is 1.88. The summed E-state index contributed by atoms with van der Waals surface area (Å²) in [6, 6.07) is 15.3. The van der Waals surface area contributed by atoms with Crippen molar-refractivity contribution in [1.82, 2.24) is 0 Å². The highest BCUT2D eigenvalue weighted by Crippen LogP contribution is 2.21. The lowest BCUT2D eigenvalue weighted by Gasteiger charge is -2.06. The number of esters is 1. The van der Waals surface area contributed by atoms with Gasteiger partial charge in [0.1, 0.15) is 6.61 Å². The van der Waals surface area contributed by atoms with Crippen LogP contribution in [0.15, 0.2) is 47.4 Å². The number of nitriles is 1. The molecule has 0 aliphatic rings. The molecule has 2 aromatic rings. The lowest BCUT2D eigenvalue weighted by molar-refractivity contribution is -0.141. The maximum absolute atomic E-state index is 11.8. The normalized spacial score (nSPS) is 10.0. The number of hydrogen-bond donors (Lipinski definition) is 0. The molecule has 2 aromatic carbocycles. The number of carbonyl (C=O) groups is 1. The minimum absolute atomic E-state index is 0.196. The molecule has 0 saturated carbocycles. The Balaban J connectivity index is 1.83. The predicted molar refractivity (Wildman–Crippen MR) is 87.6 cm³/mol. The lowest BCUT2D eigenvalue weighted by atomic mass is 10.1. The van der Waals surface area contributed by atoms with Gasteiger partial charge in [0.25, 0.3) is 0 Å². The zero-order valence-corrected chi connectivity index (χ0v) is 13.4. The fraction of sp³-hybridized carbons (Fsp3) is 0.222. The van der Waals surface area contributed by atoms with Crippen LogP contribution in [0, 0.1) is 25.2 Å². The molecule has 0 unspecified atom stereocenters. The highest BCUT2D eigenvalue weighted by Gasteiger charge is 2.06. The molecule has 3 nitrogen and oxygen atoms in total. The number of benzene rings is 2. The van der Waals surface area contributed by atoms with Crippen LogP contribution < -0.4 is 0 Å². The lowest BCUT2D eigenvalue weighted by Crippen LogP contribution is -2.07. The molecule has 0 heterocycles. The molecule has 0 aromatic heterocycles. The van der Waals surface area contributed by atoms with E-state index in [-0.39, 0.29) is 18.3 Å². The van der Waals surface area contributed by atoms with Gasteiger partial charge in [0, 0.05) is 4.90 Å². The van der Waals surface area contributed by atoms with Gasteiger partial charge < -0.3 is 4.74 Å². The highest BCUT2D eigenvalue weighted by molar-refractivity contribution is 8.00. The van der Waals surface area contributed by atoms with E-state index in [1.807, 2.05) is 12.1 Å². The number of rotatable bonds is 5. The van der Waals surface area contributed by atoms with Gasteiger partial charge >= 0.3 is 5.97 Å². The van der Waals surface area contributed by atoms with Crippen molar-refractivity contribution in [3.63, 3.8) is 0 Å². The predicted octanol–water partition coefficient (Wildman–Crippen LogP) is 4.01. The summed E-state index contributed by atoms with van der Waals surface area (Å²) < 4.78 is 5.23. The first-order valence-corrected chi connectivity index (χ1v) is 7.92. The van der Waals surface area contributed by atoms with Crippen LogP contribution in [0.1, 0.15) is 22.3 Å². The van der Waals surface area contributed by atoms with Crippen LogP contribution in [-0.2, 0) is 16.1 Å². The number of hydrogen-bond acceptors (Lipinski definition) is 4. The van der Waals surface area contributed by atoms with Crippen LogP contribution in [0.5, 0.6) is 0 Å². The molecule has 0 saturated heterocycles. The molecule has 0 aliphatic carbocycles. The van der Waals surface area contributed by atoms with Gasteiger partial charge in [-0.15, -0.1) is 11.8 Å². The zero-order chi connectivity index (χ0) is 15.9. The number of nitrogens with zero attached hydrogens (tertiary/aromatic N) is 1. The maximum Gasteiger partial charge on any atom is 0.316 e. The molecular weight excluding hydrogens is 294 g/mol. The van der Waals surface area contributed by atoms with Crippen molar-refractivity contribution in [2.45, 2.75) is 25.3 Å². The first-order valence-electron chi connectivity index (χ1n) is 6.93. The summed E-state index contributed by atoms with van der Waals surface area (Å²) in [5.74, 6) is 0.0195. The Hall–Kier alpha value is -2.25. The minimum Gasteiger partial charge on any atom is -0.460 e. The van der Waals surface area contributed by atoms with Gasteiger partial charge in [0.2, 0.25) is 0 Å². The van der Waals surface area contributed by atoms with Gasteiger partial charge in [-0.1, -0.05) is 18.2 Å². The monoisotopic (exact) mass is 311 g/mol. The fourth-order valence-corrected chi connectivity index (χ4v) is 2.67. The number of thioether (sulfide) groups is 1. The molecule has 0 fully saturated rings. The van der Waals surface area contributed by atoms with E-state index >= 15 is 0 Å². The summed E-state index contributed by atoms with van der Waals surface area (Å²) in [6.07, 6.45) is 0. The number of aryl methyl sites for hydroxylation is 2. The number of carbonyl (C=O) groups excluding carboxylic acids is 1. The van der Waals surface area contributed by atoms with Crippen molar-refractivity contribution in [2.75, 3.05) is 5.75 Å². The summed E-state index contributed by atoms with van der Waals surface area (Å²) in [6.45, 7) is 4.31. The van der Waals surface area contributed by atoms with E-state index in [1.165, 1.54) is 22.9 Å². The smallest absolute Gasteiger partial charge is 0.316 e. The molecule has 0 atom stereocenters. The average Bonchev–Trinajstić information content (AvgIpc) is 2.54. The summed E-state index contributed by atoms with van der Waals surface area (Å²) >= 11 is 1.47. The van der Waals surface area contributed by atoms with Crippen LogP contribution in [0.3, 0.4) is 0 Å². The standard InChI is InChI=1S/C18H17NO2S/c1-13-6-7-17(8-14(13)2)22-12-18(20)21-11-16-5-3-4-15(9-16)10-19/h3-9H,11-12H2,1-2H3. The first-order chi connectivity index (χ1) is 10.6. The van der Waals surface area contributed by atoms with Crippen molar-refractivity contribution >= 4 is 17.7 Å². The Kier molecular flexibility index (Phi) is 5.62. The van der Waals surface area contributed by atoms with Crippen LogP contribution in [0.4, 0.5) is 0 Å². The summed E-state index contributed by atoms with van der Waals surface area (Å²) in [5.41, 5.74) is 3.85. The van der Waals surface area contributed by atoms with Crippen molar-refractivity contribution < 1.29 is 9.53 Å². The molecule has 0 amide bonds. The van der Waals surface area contributed by atoms with E-state index in [0.717, 1.165) is 10.5 Å². The van der Waals surface area contributed by atoms with Crippen LogP contribution >= 0.6 is 11.8 Å². The van der Waals surface area contributed by atoms with Crippen LogP contribution in [0.25, 0.3) is 0 Å². The molecule has 112 valence electrons. The van der Waals surface area contributed by atoms with Crippen LogP contribution in [-0.4, -0.2) is 11.7 Å². The quantitative estimate of drug-likeness (QED) is 0.618. The van der Waals surface area contributed by atoms with Gasteiger partial charge in [0.15, 0.2) is 0 Å². The second-order valence-corrected chi connectivity index (χ2v) is 6.06. The largest absolute Gasteiger partial charge is 0.460 e. The van der Waals surface area contributed by atoms with Gasteiger partial charge in [0.05, 0.1) is 17.4 Å². The molecule has 0 radical (unpaired) electrons. The van der Waals surface area contributed by atoms with E-state index in [2.05, 4.69) is 32.0 Å². The van der Waals surface area contributed by atoms with Crippen molar-refractivity contribution in [1.29, 1.82) is 5.26 Å². The molecular formula is C18H17NO2S. The molecule has 0 aliphatic heterocycles. The summed E-state index contributed by atoms with van der Waals surface area (Å²) in [5, 5.41) is 8.83. The van der Waals surface area contributed by atoms with Gasteiger partial charge in [-0.2, -0.15) is 5.26 Å². The Morgan fingerprint density at radius 1 is 1.18 bits per heavy atom. The third-order valence-corrected chi connectivity index (χ3v) is 4.26. The molecule has 0 N–H and O–H groups in total. The van der Waals surface area contributed by atoms with E-state index in [1.54, 1.807) is 18.2 Å². The number of ether oxygens (including phenoxy) is 1. The zero-order valence-electron chi connectivity index (χ0n) is 12.6. The first kappa shape index (κ1) is 16.1. The average molecular weight is 311 g/mol. The van der Waals surface area contributed by atoms with E-state index < -0.39 is 0 Å². The van der Waals surface area contributed by atoms with E-state index in [0.29, 0.717) is 5.56 Å². The van der Waals surface area contributed by atoms with Crippen molar-refractivity contribution in [2.24, 2.45) is 0 Å². The topological polar surface area (TPSA) is 50.1 Å². The van der Waals surface area contributed by atoms with Crippen LogP contribution in [0.2, 0.25) is 0 Å². The summed E-state index contributed by atoms with van der Waals surface area (Å²) in [4.78, 5) is 12.8. The van der Waals surface area contributed by atoms with E-state index in [9.17, 15) is 4.79 Å². The second-order valence-electron chi connectivity index (χ2n) is 5.01. The van der Waals surface area contributed by atoms with Crippen molar-refractivity contribution in [3.05, 3.63) is 64.7 Å². The van der Waals surface area contributed by atoms with Crippen molar-refractivity contribution in [3.8, 4) is 6.07 Å². The molecule has 22 heavy (non-hydrogen) atoms. The Morgan fingerprint density at radius 3 is 2.73 bits per heavy atom. The van der Waals surface area contributed by atoms with Gasteiger partial charge in [-0.3, -0.25) is 4.79 Å². The molecule has 2 rings (SSSR count).